The molecule has 0 aromatic carbocycles. The summed E-state index contributed by atoms with van der Waals surface area (Å²) < 4.78 is 53.0. The molecular weight excluding hydrogens is 1530 g/mol. The van der Waals surface area contributed by atoms with Crippen LogP contribution >= 0.6 is 0 Å². The normalized spacial score (nSPS) is 13.3. The molecule has 119 heavy (non-hydrogen) atoms. The number of hydrogen-bond acceptors (Lipinski definition) is 25. The highest BCUT2D eigenvalue weighted by molar-refractivity contribution is 6.07. The molecule has 38 heteroatoms. The largest absolute Gasteiger partial charge is 0.451 e. The van der Waals surface area contributed by atoms with Crippen molar-refractivity contribution >= 4 is 52.2 Å². The number of nitro groups is 1. The number of carbonyl (C=O) groups is 4. The summed E-state index contributed by atoms with van der Waals surface area (Å²) in [6.07, 6.45) is 28.1. The molecule has 4 amide bonds. The first-order valence-corrected chi connectivity index (χ1v) is 37.5. The Morgan fingerprint density at radius 2 is 0.882 bits per heavy atom. The van der Waals surface area contributed by atoms with Crippen molar-refractivity contribution < 1.29 is 60.7 Å². The average molecular weight is 1610 g/mol. The summed E-state index contributed by atoms with van der Waals surface area (Å²) in [5.74, 6) is 0.951. The van der Waals surface area contributed by atoms with E-state index in [0.29, 0.717) is 143 Å². The lowest BCUT2D eigenvalue weighted by Crippen LogP contribution is -2.30. The van der Waals surface area contributed by atoms with Crippen molar-refractivity contribution in [2.75, 3.05) is 67.5 Å². The van der Waals surface area contributed by atoms with Crippen LogP contribution in [0.4, 0.5) is 28.6 Å². The first kappa shape index (κ1) is 77.5. The minimum atomic E-state index is -0.541. The Morgan fingerprint density at radius 3 is 1.24 bits per heavy atom. The van der Waals surface area contributed by atoms with E-state index in [1.54, 1.807) is 138 Å². The molecule has 19 rings (SSSR count). The molecule has 0 bridgehead atoms. The van der Waals surface area contributed by atoms with Crippen molar-refractivity contribution in [2.45, 2.75) is 51.0 Å². The highest BCUT2D eigenvalue weighted by Crippen LogP contribution is 2.36. The minimum absolute atomic E-state index is 0.0470. The topological polar surface area (TPSA) is 463 Å². The summed E-state index contributed by atoms with van der Waals surface area (Å²) in [5, 5.41) is 58.2. The number of amides is 4. The van der Waals surface area contributed by atoms with Gasteiger partial charge in [0.25, 0.3) is 23.6 Å². The summed E-state index contributed by atoms with van der Waals surface area (Å²) in [7, 11) is 1.82. The lowest BCUT2D eigenvalue weighted by atomic mass is 10.1. The number of furan rings is 4. The maximum absolute atomic E-state index is 12.9. The lowest BCUT2D eigenvalue weighted by molar-refractivity contribution is -0.389. The molecule has 0 atom stereocenters. The summed E-state index contributed by atoms with van der Waals surface area (Å²) in [4.78, 5) is 81.5. The van der Waals surface area contributed by atoms with Crippen LogP contribution in [0.3, 0.4) is 0 Å². The molecule has 0 radical (unpaired) electrons. The molecule has 0 spiro atoms. The number of pyridine rings is 4. The number of nitrogens with zero attached hydrogens (tertiary/aromatic N) is 17. The first-order valence-electron chi connectivity index (χ1n) is 37.5. The number of rotatable bonds is 24. The molecule has 3 fully saturated rings. The van der Waals surface area contributed by atoms with Crippen LogP contribution in [0.1, 0.15) is 86.5 Å². The maximum atomic E-state index is 12.9. The SMILES string of the molecule is CCCOCn1cc(NC(=O)c2ccc(-c3c[nH]c([N+](=O)[O-])c3)o2)c(-c2ccccn2)n1.Cn1cc(-c2ccc(C(=O)Nc3cn(C4COC4)nc3-c3ccccn3)o2)cn1.O=C(Nc1cn(C2CCOCC2)nc1-c1ccccn1)c1ccc(-c2cn[nH]c2)o1.O=C(Nc1cn(C2COC2)nc1-c1ccccn1)c1ccc(-c2cn[nH]c2)o1. The van der Waals surface area contributed by atoms with Gasteiger partial charge in [-0.25, -0.2) is 9.67 Å². The van der Waals surface area contributed by atoms with Crippen molar-refractivity contribution in [2.24, 2.45) is 7.05 Å². The molecule has 3 saturated heterocycles. The van der Waals surface area contributed by atoms with Gasteiger partial charge in [0.1, 0.15) is 52.5 Å². The Morgan fingerprint density at radius 1 is 0.479 bits per heavy atom. The predicted molar refractivity (Wildman–Crippen MR) is 427 cm³/mol. The van der Waals surface area contributed by atoms with E-state index in [0.717, 1.165) is 36.0 Å². The molecule has 0 unspecified atom stereocenters. The van der Waals surface area contributed by atoms with E-state index >= 15 is 0 Å². The monoisotopic (exact) mass is 1610 g/mol. The van der Waals surface area contributed by atoms with Crippen molar-refractivity contribution in [1.82, 2.24) is 94.2 Å². The fourth-order valence-electron chi connectivity index (χ4n) is 12.5. The number of aromatic nitrogens is 19. The van der Waals surface area contributed by atoms with E-state index in [2.05, 4.69) is 87.0 Å². The van der Waals surface area contributed by atoms with Gasteiger partial charge in [0.15, 0.2) is 23.0 Å². The second-order valence-corrected chi connectivity index (χ2v) is 27.0. The average Bonchev–Trinajstić information content (AvgIpc) is 1.66. The van der Waals surface area contributed by atoms with E-state index in [9.17, 15) is 29.3 Å². The van der Waals surface area contributed by atoms with Crippen LogP contribution in [0, 0.1) is 10.1 Å². The van der Waals surface area contributed by atoms with Gasteiger partial charge in [-0.15, -0.1) is 0 Å². The number of aryl methyl sites for hydroxylation is 1. The molecule has 602 valence electrons. The number of aromatic amines is 3. The Bertz CT molecular complexity index is 6080. The van der Waals surface area contributed by atoms with Gasteiger partial charge in [-0.05, 0) is 121 Å². The van der Waals surface area contributed by atoms with Crippen LogP contribution < -0.4 is 21.3 Å². The highest BCUT2D eigenvalue weighted by atomic mass is 16.6. The number of hydrogen-bond donors (Lipinski definition) is 7. The molecule has 0 aliphatic carbocycles. The van der Waals surface area contributed by atoms with Crippen molar-refractivity contribution in [3.63, 3.8) is 0 Å². The van der Waals surface area contributed by atoms with Gasteiger partial charge in [-0.3, -0.25) is 68.0 Å². The standard InChI is InChI=1S/C21H20N6O5.C21H20N6O3.C20H18N6O3.C19H16N6O3/c1-2-9-31-13-26-12-16(20(25-26)15-5-3-4-8-22-15)24-21(28)18-7-6-17(32-18)14-10-19(23-11-14)27(29)30;28-21(19-5-4-18(30-19)14-11-23-24-12-14)25-17-13-27(15-6-9-29-10-7-15)26-20(17)16-3-1-2-8-22-16;1-25-9-13(8-22-25)17-5-6-18(29-17)20(27)23-16-10-26(14-11-28-12-14)24-19(16)15-4-2-3-7-21-15;26-19(17-5-4-16(28-17)12-7-21-22-8-12)23-15-9-25(13-10-27-11-13)24-18(15)14-3-1-2-6-20-14/h3-8,10-12,23H,2,9,13H2,1H3,(H,24,28);1-5,8,11-13,15H,6-7,9-10H2,(H,23,24)(H,25,28);2-10,14H,11-12H2,1H3,(H,23,27);1-9,13H,10-11H2,(H,21,22)(H,23,26). The lowest BCUT2D eigenvalue weighted by Gasteiger charge is -2.25. The number of ether oxygens (including phenoxy) is 4. The summed E-state index contributed by atoms with van der Waals surface area (Å²) in [5.41, 5.74) is 9.94. The quantitative estimate of drug-likeness (QED) is 0.0168. The van der Waals surface area contributed by atoms with Gasteiger partial charge >= 0.3 is 5.82 Å². The zero-order valence-corrected chi connectivity index (χ0v) is 63.6. The molecule has 0 saturated carbocycles. The fraction of sp³-hybridized carbons (Fsp3) is 0.198. The Hall–Kier alpha value is -15.4. The van der Waals surface area contributed by atoms with E-state index in [4.69, 9.17) is 41.7 Å². The van der Waals surface area contributed by atoms with Crippen LogP contribution in [0.5, 0.6) is 0 Å². The number of anilines is 4. The molecule has 16 aromatic heterocycles. The summed E-state index contributed by atoms with van der Waals surface area (Å²) >= 11 is 0. The second kappa shape index (κ2) is 36.0. The molecule has 3 aliphatic rings. The molecule has 3 aliphatic heterocycles. The summed E-state index contributed by atoms with van der Waals surface area (Å²) in [6, 6.07) is 37.2. The van der Waals surface area contributed by atoms with Gasteiger partial charge in [0.05, 0.1) is 143 Å². The van der Waals surface area contributed by atoms with E-state index in [-0.39, 0.29) is 71.4 Å². The minimum Gasteiger partial charge on any atom is -0.451 e. The van der Waals surface area contributed by atoms with Crippen molar-refractivity contribution in [1.29, 1.82) is 0 Å². The van der Waals surface area contributed by atoms with Crippen molar-refractivity contribution in [3.05, 3.63) is 254 Å². The Balaban J connectivity index is 0.000000118. The molecular formula is C81H74N24O14. The second-order valence-electron chi connectivity index (χ2n) is 27.0. The third-order valence-electron chi connectivity index (χ3n) is 18.7. The number of nitrogens with one attached hydrogen (secondary N) is 7. The van der Waals surface area contributed by atoms with Crippen LogP contribution in [0.2, 0.25) is 0 Å². The molecule has 38 nitrogen and oxygen atoms in total. The van der Waals surface area contributed by atoms with Crippen LogP contribution in [0.15, 0.2) is 238 Å². The van der Waals surface area contributed by atoms with E-state index < -0.39 is 10.8 Å². The third kappa shape index (κ3) is 18.4. The van der Waals surface area contributed by atoms with Crippen LogP contribution in [-0.4, -0.2) is 169 Å². The van der Waals surface area contributed by atoms with Gasteiger partial charge in [-0.1, -0.05) is 31.2 Å². The van der Waals surface area contributed by atoms with Crippen LogP contribution in [-0.2, 0) is 32.7 Å². The number of H-pyrrole nitrogens is 3. The van der Waals surface area contributed by atoms with E-state index in [1.807, 2.05) is 101 Å². The zero-order chi connectivity index (χ0) is 81.6. The fourth-order valence-corrected chi connectivity index (χ4v) is 12.5. The third-order valence-corrected chi connectivity index (χ3v) is 18.7. The van der Waals surface area contributed by atoms with Gasteiger partial charge in [0.2, 0.25) is 0 Å². The summed E-state index contributed by atoms with van der Waals surface area (Å²) in [6.45, 7) is 6.65. The van der Waals surface area contributed by atoms with Crippen LogP contribution in [0.25, 0.3) is 90.8 Å². The number of carbonyl (C=O) groups excluding carboxylic acids is 4. The molecule has 16 aromatic rings. The van der Waals surface area contributed by atoms with E-state index in [1.165, 1.54) is 18.3 Å². The molecule has 19 heterocycles. The Labute approximate surface area is 674 Å². The maximum Gasteiger partial charge on any atom is 0.321 e. The zero-order valence-electron chi connectivity index (χ0n) is 63.6. The van der Waals surface area contributed by atoms with Gasteiger partial charge < -0.3 is 68.0 Å². The van der Waals surface area contributed by atoms with Gasteiger partial charge in [-0.2, -0.15) is 35.7 Å². The first-order chi connectivity index (χ1) is 58.3. The van der Waals surface area contributed by atoms with Crippen molar-refractivity contribution in [3.8, 4) is 90.8 Å². The molecule has 7 N–H and O–H groups in total. The van der Waals surface area contributed by atoms with Gasteiger partial charge in [0, 0.05) is 94.9 Å². The predicted octanol–water partition coefficient (Wildman–Crippen LogP) is 13.1. The Kier molecular flexibility index (Phi) is 23.4. The highest BCUT2D eigenvalue weighted by Gasteiger charge is 2.30. The smallest absolute Gasteiger partial charge is 0.321 e.